The number of carbonyl (C=O) groups excluding carboxylic acids is 1. The third kappa shape index (κ3) is 6.12. The van der Waals surface area contributed by atoms with Crippen LogP contribution in [0.5, 0.6) is 0 Å². The van der Waals surface area contributed by atoms with Crippen molar-refractivity contribution in [2.45, 2.75) is 62.6 Å². The highest BCUT2D eigenvalue weighted by molar-refractivity contribution is 7.90. The highest BCUT2D eigenvalue weighted by atomic mass is 35.5. The van der Waals surface area contributed by atoms with Gasteiger partial charge in [-0.3, -0.25) is 4.90 Å². The standard InChI is InChI=1S/C26H34ClN3O3S/c1-17-11-23-13-20(12-19-7-9-21(27)10-8-19)14-25(17)30(23)16-18(2)28-26(31)29-22-5-4-6-24(15-22)34(3,32)33/h4-10,15,17-18,20,23,25H,11-14,16H2,1-3H3,(H2,28,29,31)/t17?,18-,20?,23?,25?/m1/s1. The number of fused-ring (bicyclic) bond motifs is 2. The Bertz CT molecular complexity index is 1120. The van der Waals surface area contributed by atoms with Gasteiger partial charge in [-0.25, -0.2) is 13.2 Å². The summed E-state index contributed by atoms with van der Waals surface area (Å²) in [5.41, 5.74) is 1.81. The number of nitrogens with one attached hydrogen (secondary N) is 2. The second-order valence-corrected chi connectivity index (χ2v) is 12.6. The Kier molecular flexibility index (Phi) is 7.55. The number of urea groups is 1. The van der Waals surface area contributed by atoms with Gasteiger partial charge < -0.3 is 10.6 Å². The fraction of sp³-hybridized carbons (Fsp3) is 0.500. The quantitative estimate of drug-likeness (QED) is 0.558. The molecule has 2 N–H and O–H groups in total. The number of nitrogens with zero attached hydrogens (tertiary/aromatic N) is 1. The lowest BCUT2D eigenvalue weighted by molar-refractivity contribution is 0.0875. The van der Waals surface area contributed by atoms with E-state index in [-0.39, 0.29) is 17.0 Å². The number of anilines is 1. The Hall–Kier alpha value is -2.09. The Morgan fingerprint density at radius 1 is 1.15 bits per heavy atom. The van der Waals surface area contributed by atoms with Crippen molar-refractivity contribution in [2.24, 2.45) is 11.8 Å². The number of amides is 2. The minimum atomic E-state index is -3.32. The van der Waals surface area contributed by atoms with E-state index in [1.807, 2.05) is 19.1 Å². The number of carbonyl (C=O) groups is 1. The highest BCUT2D eigenvalue weighted by Gasteiger charge is 2.44. The van der Waals surface area contributed by atoms with Gasteiger partial charge in [0.1, 0.15) is 0 Å². The molecule has 4 unspecified atom stereocenters. The molecule has 2 amide bonds. The van der Waals surface area contributed by atoms with Crippen molar-refractivity contribution in [2.75, 3.05) is 18.1 Å². The summed E-state index contributed by atoms with van der Waals surface area (Å²) in [6, 6.07) is 15.3. The molecule has 2 aromatic carbocycles. The first-order valence-corrected chi connectivity index (χ1v) is 14.2. The van der Waals surface area contributed by atoms with E-state index in [1.54, 1.807) is 12.1 Å². The van der Waals surface area contributed by atoms with Crippen LogP contribution in [0.25, 0.3) is 0 Å². The van der Waals surface area contributed by atoms with E-state index in [9.17, 15) is 13.2 Å². The van der Waals surface area contributed by atoms with Crippen molar-refractivity contribution in [1.82, 2.24) is 10.2 Å². The van der Waals surface area contributed by atoms with Crippen molar-refractivity contribution in [3.05, 3.63) is 59.1 Å². The monoisotopic (exact) mass is 503 g/mol. The zero-order chi connectivity index (χ0) is 24.5. The fourth-order valence-corrected chi connectivity index (χ4v) is 6.50. The molecule has 0 aromatic heterocycles. The molecule has 2 aromatic rings. The van der Waals surface area contributed by atoms with E-state index in [1.165, 1.54) is 37.0 Å². The van der Waals surface area contributed by atoms with Gasteiger partial charge in [-0.15, -0.1) is 0 Å². The molecule has 5 atom stereocenters. The van der Waals surface area contributed by atoms with Crippen LogP contribution >= 0.6 is 11.6 Å². The highest BCUT2D eigenvalue weighted by Crippen LogP contribution is 2.43. The summed E-state index contributed by atoms with van der Waals surface area (Å²) < 4.78 is 23.5. The molecule has 6 nitrogen and oxygen atoms in total. The molecule has 2 aliphatic rings. The molecule has 2 heterocycles. The zero-order valence-corrected chi connectivity index (χ0v) is 21.6. The van der Waals surface area contributed by atoms with Crippen LogP contribution in [-0.4, -0.2) is 50.3 Å². The fourth-order valence-electron chi connectivity index (χ4n) is 5.70. The van der Waals surface area contributed by atoms with Crippen LogP contribution in [0, 0.1) is 11.8 Å². The first-order valence-electron chi connectivity index (χ1n) is 12.0. The molecule has 2 aliphatic heterocycles. The molecule has 2 bridgehead atoms. The lowest BCUT2D eigenvalue weighted by Gasteiger charge is -2.41. The second-order valence-electron chi connectivity index (χ2n) is 10.1. The second kappa shape index (κ2) is 10.3. The van der Waals surface area contributed by atoms with Gasteiger partial charge in [0.25, 0.3) is 0 Å². The van der Waals surface area contributed by atoms with Gasteiger partial charge in [0, 0.05) is 41.6 Å². The third-order valence-electron chi connectivity index (χ3n) is 7.20. The number of hydrogen-bond acceptors (Lipinski definition) is 4. The Balaban J connectivity index is 1.31. The predicted molar refractivity (Wildman–Crippen MR) is 137 cm³/mol. The van der Waals surface area contributed by atoms with Gasteiger partial charge in [0.15, 0.2) is 9.84 Å². The van der Waals surface area contributed by atoms with E-state index < -0.39 is 9.84 Å². The number of benzene rings is 2. The number of rotatable bonds is 7. The minimum absolute atomic E-state index is 0.0267. The SMILES string of the molecule is CC1CC2CC(Cc3ccc(Cl)cc3)CC1N2C[C@@H](C)NC(=O)Nc1cccc(S(C)(=O)=O)c1. The lowest BCUT2D eigenvalue weighted by atomic mass is 9.85. The first-order chi connectivity index (χ1) is 16.1. The van der Waals surface area contributed by atoms with Crippen LogP contribution < -0.4 is 10.6 Å². The molecule has 0 aliphatic carbocycles. The summed E-state index contributed by atoms with van der Waals surface area (Å²) in [5.74, 6) is 1.33. The Morgan fingerprint density at radius 2 is 1.88 bits per heavy atom. The van der Waals surface area contributed by atoms with Crippen LogP contribution in [-0.2, 0) is 16.3 Å². The van der Waals surface area contributed by atoms with Gasteiger partial charge in [0.2, 0.25) is 0 Å². The molecule has 4 rings (SSSR count). The van der Waals surface area contributed by atoms with Crippen molar-refractivity contribution in [3.63, 3.8) is 0 Å². The van der Waals surface area contributed by atoms with Gasteiger partial charge in [-0.1, -0.05) is 36.7 Å². The maximum absolute atomic E-state index is 12.5. The van der Waals surface area contributed by atoms with Crippen molar-refractivity contribution >= 4 is 33.2 Å². The molecule has 0 saturated carbocycles. The van der Waals surface area contributed by atoms with Gasteiger partial charge >= 0.3 is 6.03 Å². The molecule has 0 spiro atoms. The maximum Gasteiger partial charge on any atom is 0.319 e. The van der Waals surface area contributed by atoms with Crippen molar-refractivity contribution < 1.29 is 13.2 Å². The number of halogens is 1. The Morgan fingerprint density at radius 3 is 2.56 bits per heavy atom. The molecule has 2 fully saturated rings. The molecule has 8 heteroatoms. The average molecular weight is 504 g/mol. The normalized spacial score (nSPS) is 25.6. The summed E-state index contributed by atoms with van der Waals surface area (Å²) in [5, 5.41) is 6.56. The van der Waals surface area contributed by atoms with Crippen LogP contribution in [0.1, 0.15) is 38.7 Å². The zero-order valence-electron chi connectivity index (χ0n) is 20.0. The first kappa shape index (κ1) is 25.0. The smallest absolute Gasteiger partial charge is 0.319 e. The summed E-state index contributed by atoms with van der Waals surface area (Å²) in [6.45, 7) is 5.18. The minimum Gasteiger partial charge on any atom is -0.334 e. The maximum atomic E-state index is 12.5. The van der Waals surface area contributed by atoms with Crippen LogP contribution in [0.4, 0.5) is 10.5 Å². The van der Waals surface area contributed by atoms with Crippen molar-refractivity contribution in [3.8, 4) is 0 Å². The molecule has 2 saturated heterocycles. The largest absolute Gasteiger partial charge is 0.334 e. The molecule has 34 heavy (non-hydrogen) atoms. The number of piperidine rings is 1. The third-order valence-corrected chi connectivity index (χ3v) is 8.56. The summed E-state index contributed by atoms with van der Waals surface area (Å²) >= 11 is 6.04. The van der Waals surface area contributed by atoms with E-state index in [2.05, 4.69) is 34.6 Å². The molecule has 0 radical (unpaired) electrons. The topological polar surface area (TPSA) is 78.5 Å². The lowest BCUT2D eigenvalue weighted by Crippen LogP contribution is -2.51. The van der Waals surface area contributed by atoms with Gasteiger partial charge in [0.05, 0.1) is 4.90 Å². The molecular formula is C26H34ClN3O3S. The van der Waals surface area contributed by atoms with E-state index in [4.69, 9.17) is 11.6 Å². The van der Waals surface area contributed by atoms with Gasteiger partial charge in [-0.05, 0) is 80.3 Å². The van der Waals surface area contributed by atoms with Crippen molar-refractivity contribution in [1.29, 1.82) is 0 Å². The van der Waals surface area contributed by atoms with E-state index >= 15 is 0 Å². The Labute approximate surface area is 208 Å². The van der Waals surface area contributed by atoms with E-state index in [0.29, 0.717) is 29.6 Å². The number of sulfone groups is 1. The van der Waals surface area contributed by atoms with Crippen LogP contribution in [0.15, 0.2) is 53.4 Å². The summed E-state index contributed by atoms with van der Waals surface area (Å²) in [7, 11) is -3.32. The van der Waals surface area contributed by atoms with Gasteiger partial charge in [-0.2, -0.15) is 0 Å². The number of hydrogen-bond donors (Lipinski definition) is 2. The molecule has 184 valence electrons. The summed E-state index contributed by atoms with van der Waals surface area (Å²) in [4.78, 5) is 15.3. The van der Waals surface area contributed by atoms with Crippen LogP contribution in [0.3, 0.4) is 0 Å². The summed E-state index contributed by atoms with van der Waals surface area (Å²) in [6.07, 6.45) is 5.81. The average Bonchev–Trinajstić information content (AvgIpc) is 2.93. The van der Waals surface area contributed by atoms with E-state index in [0.717, 1.165) is 24.2 Å². The van der Waals surface area contributed by atoms with Crippen LogP contribution in [0.2, 0.25) is 5.02 Å². The predicted octanol–water partition coefficient (Wildman–Crippen LogP) is 4.99. The molecular weight excluding hydrogens is 470 g/mol.